The van der Waals surface area contributed by atoms with Crippen LogP contribution in [0.15, 0.2) is 10.9 Å². The van der Waals surface area contributed by atoms with Crippen molar-refractivity contribution in [3.63, 3.8) is 0 Å². The van der Waals surface area contributed by atoms with Crippen LogP contribution in [0.5, 0.6) is 0 Å². The molecule has 6 nitrogen and oxygen atoms in total. The molecule has 1 amide bonds. The van der Waals surface area contributed by atoms with Crippen LogP contribution in [0, 0.1) is 0 Å². The monoisotopic (exact) mass is 386 g/mol. The molecule has 154 valence electrons. The van der Waals surface area contributed by atoms with Crippen molar-refractivity contribution in [1.82, 2.24) is 19.4 Å². The average molecular weight is 387 g/mol. The van der Waals surface area contributed by atoms with Gasteiger partial charge in [0.2, 0.25) is 5.91 Å². The average Bonchev–Trinajstić information content (AvgIpc) is 2.94. The van der Waals surface area contributed by atoms with Crippen LogP contribution in [-0.2, 0) is 17.8 Å². The molecule has 0 bridgehead atoms. The van der Waals surface area contributed by atoms with E-state index in [0.29, 0.717) is 12.6 Å². The summed E-state index contributed by atoms with van der Waals surface area (Å²) < 4.78 is 1.87. The number of aryl methyl sites for hydroxylation is 1. The summed E-state index contributed by atoms with van der Waals surface area (Å²) in [6.07, 6.45) is 9.87. The zero-order valence-electron chi connectivity index (χ0n) is 17.2. The van der Waals surface area contributed by atoms with Gasteiger partial charge in [0.05, 0.1) is 12.2 Å². The summed E-state index contributed by atoms with van der Waals surface area (Å²) in [5.41, 5.74) is 1.05. The lowest BCUT2D eigenvalue weighted by Crippen LogP contribution is -2.48. The van der Waals surface area contributed by atoms with Crippen LogP contribution in [0.3, 0.4) is 0 Å². The summed E-state index contributed by atoms with van der Waals surface area (Å²) in [7, 11) is 0. The number of nitrogens with zero attached hydrogens (tertiary/aromatic N) is 4. The Kier molecular flexibility index (Phi) is 6.14. The summed E-state index contributed by atoms with van der Waals surface area (Å²) in [5, 5.41) is 0. The van der Waals surface area contributed by atoms with Crippen molar-refractivity contribution in [2.45, 2.75) is 83.2 Å². The Morgan fingerprint density at radius 2 is 1.93 bits per heavy atom. The van der Waals surface area contributed by atoms with Gasteiger partial charge >= 0.3 is 0 Å². The highest BCUT2D eigenvalue weighted by molar-refractivity contribution is 5.78. The highest BCUT2D eigenvalue weighted by Gasteiger charge is 2.28. The van der Waals surface area contributed by atoms with E-state index < -0.39 is 0 Å². The largest absolute Gasteiger partial charge is 0.339 e. The van der Waals surface area contributed by atoms with Crippen molar-refractivity contribution in [3.8, 4) is 0 Å². The van der Waals surface area contributed by atoms with Crippen LogP contribution < -0.4 is 5.56 Å². The molecule has 1 aromatic heterocycles. The maximum atomic E-state index is 12.8. The molecule has 0 aromatic carbocycles. The van der Waals surface area contributed by atoms with E-state index >= 15 is 0 Å². The minimum absolute atomic E-state index is 0.109. The molecule has 0 unspecified atom stereocenters. The molecule has 0 N–H and O–H groups in total. The van der Waals surface area contributed by atoms with Crippen molar-refractivity contribution >= 4 is 5.91 Å². The van der Waals surface area contributed by atoms with Crippen LogP contribution in [0.4, 0.5) is 0 Å². The normalized spacial score (nSPS) is 26.5. The van der Waals surface area contributed by atoms with E-state index in [0.717, 1.165) is 82.6 Å². The van der Waals surface area contributed by atoms with Gasteiger partial charge in [0.1, 0.15) is 5.82 Å². The Balaban J connectivity index is 1.44. The van der Waals surface area contributed by atoms with Gasteiger partial charge in [-0.25, -0.2) is 4.98 Å². The molecule has 3 aliphatic rings. The molecule has 4 rings (SSSR count). The molecule has 6 heteroatoms. The highest BCUT2D eigenvalue weighted by atomic mass is 16.2. The Bertz CT molecular complexity index is 759. The number of rotatable bonds is 3. The molecule has 0 aliphatic carbocycles. The lowest BCUT2D eigenvalue weighted by molar-refractivity contribution is -0.136. The van der Waals surface area contributed by atoms with Crippen molar-refractivity contribution < 1.29 is 4.79 Å². The second kappa shape index (κ2) is 8.76. The van der Waals surface area contributed by atoms with E-state index in [4.69, 9.17) is 4.98 Å². The number of fused-ring (bicyclic) bond motifs is 1. The third-order valence-electron chi connectivity index (χ3n) is 6.80. The first kappa shape index (κ1) is 19.6. The van der Waals surface area contributed by atoms with Crippen molar-refractivity contribution in [3.05, 3.63) is 27.9 Å². The molecular formula is C22H34N4O2. The van der Waals surface area contributed by atoms with E-state index in [1.165, 1.54) is 12.8 Å². The summed E-state index contributed by atoms with van der Waals surface area (Å²) >= 11 is 0. The molecule has 4 heterocycles. The SMILES string of the molecule is C[C@H]1CCCCN1C(=O)CN1CCC[C@H](c2cc(=O)n3c(n2)CCCCC3)C1. The number of carbonyl (C=O) groups excluding carboxylic acids is 1. The standard InChI is InChI=1S/C22H34N4O2/c1-17-8-4-6-12-25(17)22(28)16-24-11-7-9-18(15-24)19-14-21(27)26-13-5-2-3-10-20(26)23-19/h14,17-18H,2-13,15-16H2,1H3/t17-,18-/m0/s1. The third-order valence-corrected chi connectivity index (χ3v) is 6.80. The zero-order valence-corrected chi connectivity index (χ0v) is 17.2. The van der Waals surface area contributed by atoms with E-state index in [2.05, 4.69) is 16.7 Å². The van der Waals surface area contributed by atoms with Gasteiger partial charge < -0.3 is 4.90 Å². The van der Waals surface area contributed by atoms with Crippen LogP contribution in [0.1, 0.15) is 75.7 Å². The Labute approximate surface area is 167 Å². The van der Waals surface area contributed by atoms with Crippen molar-refractivity contribution in [2.75, 3.05) is 26.2 Å². The number of hydrogen-bond donors (Lipinski definition) is 0. The lowest BCUT2D eigenvalue weighted by atomic mass is 9.94. The predicted molar refractivity (Wildman–Crippen MR) is 109 cm³/mol. The zero-order chi connectivity index (χ0) is 19.5. The molecule has 0 spiro atoms. The molecule has 0 radical (unpaired) electrons. The quantitative estimate of drug-likeness (QED) is 0.801. The smallest absolute Gasteiger partial charge is 0.253 e. The minimum Gasteiger partial charge on any atom is -0.339 e. The van der Waals surface area contributed by atoms with Crippen LogP contribution in [0.25, 0.3) is 0 Å². The first-order valence-corrected chi connectivity index (χ1v) is 11.2. The van der Waals surface area contributed by atoms with E-state index in [9.17, 15) is 9.59 Å². The summed E-state index contributed by atoms with van der Waals surface area (Å²) in [5.74, 6) is 1.50. The fourth-order valence-electron chi connectivity index (χ4n) is 5.13. The number of hydrogen-bond acceptors (Lipinski definition) is 4. The maximum absolute atomic E-state index is 12.8. The van der Waals surface area contributed by atoms with Gasteiger partial charge in [-0.2, -0.15) is 0 Å². The van der Waals surface area contributed by atoms with E-state index in [-0.39, 0.29) is 17.4 Å². The summed E-state index contributed by atoms with van der Waals surface area (Å²) in [6, 6.07) is 2.13. The van der Waals surface area contributed by atoms with Crippen LogP contribution in [0.2, 0.25) is 0 Å². The van der Waals surface area contributed by atoms with Crippen molar-refractivity contribution in [1.29, 1.82) is 0 Å². The summed E-state index contributed by atoms with van der Waals surface area (Å²) in [6.45, 7) is 6.19. The van der Waals surface area contributed by atoms with Crippen LogP contribution >= 0.6 is 0 Å². The first-order chi connectivity index (χ1) is 13.6. The molecule has 3 aliphatic heterocycles. The minimum atomic E-state index is 0.109. The van der Waals surface area contributed by atoms with Gasteiger partial charge in [-0.3, -0.25) is 19.1 Å². The van der Waals surface area contributed by atoms with Gasteiger partial charge in [0.15, 0.2) is 0 Å². The number of carbonyl (C=O) groups is 1. The van der Waals surface area contributed by atoms with Gasteiger partial charge in [0, 0.05) is 44.1 Å². The molecule has 2 atom stereocenters. The molecule has 0 saturated carbocycles. The fourth-order valence-corrected chi connectivity index (χ4v) is 5.13. The van der Waals surface area contributed by atoms with Gasteiger partial charge in [-0.05, 0) is 58.4 Å². The molecule has 2 fully saturated rings. The molecule has 1 aromatic rings. The lowest BCUT2D eigenvalue weighted by Gasteiger charge is -2.37. The second-order valence-corrected chi connectivity index (χ2v) is 8.90. The number of likely N-dealkylation sites (tertiary alicyclic amines) is 2. The van der Waals surface area contributed by atoms with Gasteiger partial charge in [-0.1, -0.05) is 6.42 Å². The maximum Gasteiger partial charge on any atom is 0.253 e. The topological polar surface area (TPSA) is 58.4 Å². The summed E-state index contributed by atoms with van der Waals surface area (Å²) in [4.78, 5) is 34.7. The third kappa shape index (κ3) is 4.32. The van der Waals surface area contributed by atoms with Crippen LogP contribution in [-0.4, -0.2) is 57.5 Å². The first-order valence-electron chi connectivity index (χ1n) is 11.2. The predicted octanol–water partition coefficient (Wildman–Crippen LogP) is 2.55. The fraction of sp³-hybridized carbons (Fsp3) is 0.773. The van der Waals surface area contributed by atoms with Crippen molar-refractivity contribution in [2.24, 2.45) is 0 Å². The van der Waals surface area contributed by atoms with Gasteiger partial charge in [0.25, 0.3) is 5.56 Å². The second-order valence-electron chi connectivity index (χ2n) is 8.90. The van der Waals surface area contributed by atoms with E-state index in [1.54, 1.807) is 6.07 Å². The number of aromatic nitrogens is 2. The highest BCUT2D eigenvalue weighted by Crippen LogP contribution is 2.26. The Morgan fingerprint density at radius 3 is 2.79 bits per heavy atom. The Hall–Kier alpha value is -1.69. The van der Waals surface area contributed by atoms with Gasteiger partial charge in [-0.15, -0.1) is 0 Å². The van der Waals surface area contributed by atoms with E-state index in [1.807, 2.05) is 4.57 Å². The molecule has 2 saturated heterocycles. The number of piperidine rings is 2. The number of amides is 1. The molecular weight excluding hydrogens is 352 g/mol. The Morgan fingerprint density at radius 1 is 1.07 bits per heavy atom. The molecule has 28 heavy (non-hydrogen) atoms.